The Labute approximate surface area is 136 Å². The molecule has 0 amide bonds. The van der Waals surface area contributed by atoms with E-state index in [1.807, 2.05) is 14.1 Å². The Hall–Kier alpha value is -1.93. The number of nitrogens with zero attached hydrogens (tertiary/aromatic N) is 2. The molecular formula is C14H23N5O2S. The summed E-state index contributed by atoms with van der Waals surface area (Å²) in [6.07, 6.45) is 1.02. The second kappa shape index (κ2) is 9.91. The highest BCUT2D eigenvalue weighted by Gasteiger charge is 2.11. The van der Waals surface area contributed by atoms with Crippen molar-refractivity contribution in [3.63, 3.8) is 0 Å². The van der Waals surface area contributed by atoms with Gasteiger partial charge in [0.2, 0.25) is 0 Å². The average molecular weight is 325 g/mol. The highest BCUT2D eigenvalue weighted by Crippen LogP contribution is 2.22. The lowest BCUT2D eigenvalue weighted by Crippen LogP contribution is -2.38. The van der Waals surface area contributed by atoms with Crippen molar-refractivity contribution in [1.29, 1.82) is 0 Å². The molecule has 0 atom stereocenters. The van der Waals surface area contributed by atoms with Gasteiger partial charge in [0.05, 0.1) is 4.92 Å². The maximum Gasteiger partial charge on any atom is 0.292 e. The molecule has 1 aromatic rings. The molecule has 0 bridgehead atoms. The number of benzene rings is 1. The maximum atomic E-state index is 10.9. The Morgan fingerprint density at radius 1 is 1.23 bits per heavy atom. The summed E-state index contributed by atoms with van der Waals surface area (Å²) in [6.45, 7) is 2.96. The molecule has 0 radical (unpaired) electrons. The predicted octanol–water partition coefficient (Wildman–Crippen LogP) is 1.42. The first-order valence-electron chi connectivity index (χ1n) is 7.14. The average Bonchev–Trinajstić information content (AvgIpc) is 2.48. The fourth-order valence-corrected chi connectivity index (χ4v) is 2.02. The lowest BCUT2D eigenvalue weighted by atomic mass is 10.2. The SMILES string of the molecule is CN(C)CCCNC(=S)NCCNc1ccccc1[N+](=O)[O-]. The Kier molecular flexibility index (Phi) is 8.16. The van der Waals surface area contributed by atoms with E-state index in [1.165, 1.54) is 6.07 Å². The Balaban J connectivity index is 2.20. The fourth-order valence-electron chi connectivity index (χ4n) is 1.82. The van der Waals surface area contributed by atoms with E-state index < -0.39 is 4.92 Å². The normalized spacial score (nSPS) is 10.3. The first kappa shape index (κ1) is 18.1. The van der Waals surface area contributed by atoms with Gasteiger partial charge in [0, 0.05) is 25.7 Å². The molecule has 7 nitrogen and oxygen atoms in total. The number of hydrogen-bond acceptors (Lipinski definition) is 5. The predicted molar refractivity (Wildman–Crippen MR) is 93.4 cm³/mol. The van der Waals surface area contributed by atoms with Crippen LogP contribution < -0.4 is 16.0 Å². The number of nitrogens with one attached hydrogen (secondary N) is 3. The van der Waals surface area contributed by atoms with Crippen LogP contribution in [0.3, 0.4) is 0 Å². The van der Waals surface area contributed by atoms with Crippen LogP contribution in [0.5, 0.6) is 0 Å². The quantitative estimate of drug-likeness (QED) is 0.274. The summed E-state index contributed by atoms with van der Waals surface area (Å²) in [7, 11) is 4.07. The molecule has 0 aliphatic rings. The first-order chi connectivity index (χ1) is 10.5. The van der Waals surface area contributed by atoms with Crippen molar-refractivity contribution < 1.29 is 4.92 Å². The van der Waals surface area contributed by atoms with Gasteiger partial charge >= 0.3 is 0 Å². The van der Waals surface area contributed by atoms with E-state index >= 15 is 0 Å². The molecular weight excluding hydrogens is 302 g/mol. The largest absolute Gasteiger partial charge is 0.378 e. The standard InChI is InChI=1S/C14H23N5O2S/c1-18(2)11-5-8-16-14(22)17-10-9-15-12-6-3-4-7-13(12)19(20)21/h3-4,6-7,15H,5,8-11H2,1-2H3,(H2,16,17,22). The molecule has 0 fully saturated rings. The van der Waals surface area contributed by atoms with Gasteiger partial charge in [-0.15, -0.1) is 0 Å². The van der Waals surface area contributed by atoms with Crippen LogP contribution in [0, 0.1) is 10.1 Å². The van der Waals surface area contributed by atoms with Gasteiger partial charge in [-0.2, -0.15) is 0 Å². The van der Waals surface area contributed by atoms with E-state index in [9.17, 15) is 10.1 Å². The fraction of sp³-hybridized carbons (Fsp3) is 0.500. The third-order valence-corrected chi connectivity index (χ3v) is 3.18. The summed E-state index contributed by atoms with van der Waals surface area (Å²) in [5, 5.41) is 20.7. The first-order valence-corrected chi connectivity index (χ1v) is 7.55. The Morgan fingerprint density at radius 2 is 1.91 bits per heavy atom. The van der Waals surface area contributed by atoms with Gasteiger partial charge in [-0.3, -0.25) is 10.1 Å². The van der Waals surface area contributed by atoms with Crippen LogP contribution >= 0.6 is 12.2 Å². The van der Waals surface area contributed by atoms with Crippen LogP contribution in [0.25, 0.3) is 0 Å². The summed E-state index contributed by atoms with van der Waals surface area (Å²) in [6, 6.07) is 6.58. The maximum absolute atomic E-state index is 10.9. The van der Waals surface area contributed by atoms with E-state index in [4.69, 9.17) is 12.2 Å². The summed E-state index contributed by atoms with van der Waals surface area (Å²) in [5.41, 5.74) is 0.589. The minimum absolute atomic E-state index is 0.0758. The molecule has 1 aromatic carbocycles. The second-order valence-corrected chi connectivity index (χ2v) is 5.45. The zero-order valence-electron chi connectivity index (χ0n) is 13.0. The topological polar surface area (TPSA) is 82.5 Å². The number of rotatable bonds is 9. The minimum Gasteiger partial charge on any atom is -0.378 e. The molecule has 0 saturated heterocycles. The molecule has 0 heterocycles. The molecule has 0 spiro atoms. The zero-order valence-corrected chi connectivity index (χ0v) is 13.8. The number of thiocarbonyl (C=S) groups is 1. The number of hydrogen-bond donors (Lipinski definition) is 3. The van der Waals surface area contributed by atoms with E-state index in [2.05, 4.69) is 20.9 Å². The molecule has 22 heavy (non-hydrogen) atoms. The molecule has 0 aliphatic heterocycles. The summed E-state index contributed by atoms with van der Waals surface area (Å²) in [5.74, 6) is 0. The van der Waals surface area contributed by atoms with Gasteiger partial charge in [-0.1, -0.05) is 12.1 Å². The molecule has 0 aliphatic carbocycles. The van der Waals surface area contributed by atoms with Crippen molar-refractivity contribution in [3.05, 3.63) is 34.4 Å². The van der Waals surface area contributed by atoms with Crippen molar-refractivity contribution in [2.75, 3.05) is 45.6 Å². The van der Waals surface area contributed by atoms with Crippen LogP contribution in [0.2, 0.25) is 0 Å². The number of nitro groups is 1. The molecule has 3 N–H and O–H groups in total. The van der Waals surface area contributed by atoms with Crippen molar-refractivity contribution in [3.8, 4) is 0 Å². The van der Waals surface area contributed by atoms with Crippen molar-refractivity contribution in [1.82, 2.24) is 15.5 Å². The number of para-hydroxylation sites is 2. The Morgan fingerprint density at radius 3 is 2.59 bits per heavy atom. The molecule has 0 saturated carbocycles. The third kappa shape index (κ3) is 7.19. The van der Waals surface area contributed by atoms with E-state index in [1.54, 1.807) is 18.2 Å². The highest BCUT2D eigenvalue weighted by molar-refractivity contribution is 7.80. The molecule has 0 unspecified atom stereocenters. The second-order valence-electron chi connectivity index (χ2n) is 5.04. The van der Waals surface area contributed by atoms with Crippen molar-refractivity contribution >= 4 is 28.7 Å². The molecule has 8 heteroatoms. The van der Waals surface area contributed by atoms with E-state index in [-0.39, 0.29) is 5.69 Å². The van der Waals surface area contributed by atoms with E-state index in [0.29, 0.717) is 23.9 Å². The summed E-state index contributed by atoms with van der Waals surface area (Å²) in [4.78, 5) is 12.6. The van der Waals surface area contributed by atoms with E-state index in [0.717, 1.165) is 19.5 Å². The monoisotopic (exact) mass is 325 g/mol. The molecule has 1 rings (SSSR count). The Bertz CT molecular complexity index is 496. The zero-order chi connectivity index (χ0) is 16.4. The van der Waals surface area contributed by atoms with Gasteiger partial charge in [0.1, 0.15) is 5.69 Å². The van der Waals surface area contributed by atoms with Gasteiger partial charge in [-0.25, -0.2) is 0 Å². The van der Waals surface area contributed by atoms with Crippen molar-refractivity contribution in [2.24, 2.45) is 0 Å². The minimum atomic E-state index is -0.396. The molecule has 0 aromatic heterocycles. The number of anilines is 1. The van der Waals surface area contributed by atoms with Gasteiger partial charge in [0.15, 0.2) is 5.11 Å². The van der Waals surface area contributed by atoms with Gasteiger partial charge in [-0.05, 0) is 45.3 Å². The highest BCUT2D eigenvalue weighted by atomic mass is 32.1. The van der Waals surface area contributed by atoms with Crippen molar-refractivity contribution in [2.45, 2.75) is 6.42 Å². The molecule has 122 valence electrons. The smallest absolute Gasteiger partial charge is 0.292 e. The van der Waals surface area contributed by atoms with Gasteiger partial charge < -0.3 is 20.9 Å². The van der Waals surface area contributed by atoms with Crippen LogP contribution in [-0.2, 0) is 0 Å². The third-order valence-electron chi connectivity index (χ3n) is 2.89. The van der Waals surface area contributed by atoms with Crippen LogP contribution in [0.15, 0.2) is 24.3 Å². The summed E-state index contributed by atoms with van der Waals surface area (Å²) >= 11 is 5.16. The van der Waals surface area contributed by atoms with Crippen LogP contribution in [0.4, 0.5) is 11.4 Å². The number of nitro benzene ring substituents is 1. The van der Waals surface area contributed by atoms with Gasteiger partial charge in [0.25, 0.3) is 5.69 Å². The lowest BCUT2D eigenvalue weighted by molar-refractivity contribution is -0.384. The lowest BCUT2D eigenvalue weighted by Gasteiger charge is -2.13. The van der Waals surface area contributed by atoms with Crippen LogP contribution in [0.1, 0.15) is 6.42 Å². The van der Waals surface area contributed by atoms with Crippen LogP contribution in [-0.4, -0.2) is 55.2 Å². The summed E-state index contributed by atoms with van der Waals surface area (Å²) < 4.78 is 0.